The van der Waals surface area contributed by atoms with E-state index >= 15 is 0 Å². The van der Waals surface area contributed by atoms with Crippen molar-refractivity contribution in [2.24, 2.45) is 0 Å². The van der Waals surface area contributed by atoms with E-state index in [9.17, 15) is 0 Å². The molecule has 0 aliphatic rings. The highest BCUT2D eigenvalue weighted by atomic mass is 79.9. The zero-order chi connectivity index (χ0) is 22.1. The van der Waals surface area contributed by atoms with E-state index in [1.54, 1.807) is 0 Å². The summed E-state index contributed by atoms with van der Waals surface area (Å²) in [6.45, 7) is 9.49. The molecule has 0 amide bonds. The Labute approximate surface area is 306 Å². The molecule has 0 fully saturated rings. The van der Waals surface area contributed by atoms with Gasteiger partial charge in [-0.25, -0.2) is 0 Å². The number of quaternary nitrogens is 4. The third-order valence-electron chi connectivity index (χ3n) is 2.51. The second-order valence-electron chi connectivity index (χ2n) is 4.98. The number of halogens is 12. The Bertz CT molecular complexity index is 162. The second kappa shape index (κ2) is 70.8. The topological polar surface area (TPSA) is 66.4 Å². The Kier molecular flexibility index (Phi) is 127. The third kappa shape index (κ3) is 91.3. The number of nitrogens with two attached hydrogens (primary N) is 4. The zero-order valence-electron chi connectivity index (χ0n) is 18.2. The zero-order valence-corrected chi connectivity index (χ0v) is 37.2. The quantitative estimate of drug-likeness (QED) is 0.0879. The molecule has 0 saturated heterocycles. The highest BCUT2D eigenvalue weighted by molar-refractivity contribution is 9.10. The first-order valence-electron chi connectivity index (χ1n) is 9.40. The van der Waals surface area contributed by atoms with Gasteiger partial charge in [-0.15, -0.1) is 0 Å². The molecule has 8 N–H and O–H groups in total. The fraction of sp³-hybridized carbons (Fsp3) is 1.00. The number of hydrogen-bond acceptors (Lipinski definition) is 0. The van der Waals surface area contributed by atoms with Crippen LogP contribution < -0.4 is 89.2 Å². The van der Waals surface area contributed by atoms with Crippen molar-refractivity contribution in [1.29, 1.82) is 0 Å². The molecule has 0 radical (unpaired) electrons. The maximum atomic E-state index is 3.33. The minimum absolute atomic E-state index is 0. The first-order valence-corrected chi connectivity index (χ1v) is 18.4. The Morgan fingerprint density at radius 3 is 0.406 bits per heavy atom. The van der Waals surface area contributed by atoms with Crippen LogP contribution in [0.15, 0.2) is 0 Å². The fourth-order valence-corrected chi connectivity index (χ4v) is 3.78. The Morgan fingerprint density at radius 1 is 0.250 bits per heavy atom. The van der Waals surface area contributed by atoms with Crippen molar-refractivity contribution in [1.82, 2.24) is 0 Å². The summed E-state index contributed by atoms with van der Waals surface area (Å²) in [5, 5.41) is 17.8. The molecule has 0 heterocycles. The van der Waals surface area contributed by atoms with Crippen molar-refractivity contribution in [3.05, 3.63) is 0 Å². The van der Waals surface area contributed by atoms with Gasteiger partial charge in [0.05, 0.1) is 95.0 Å². The molecule has 0 aromatic heterocycles. The van der Waals surface area contributed by atoms with E-state index in [0.717, 1.165) is 42.6 Å². The van der Waals surface area contributed by atoms with Crippen molar-refractivity contribution in [3.8, 4) is 0 Å². The maximum absolute atomic E-state index is 3.33. The van der Waals surface area contributed by atoms with E-state index in [1.165, 1.54) is 52.4 Å². The average molecular weight is 1250 g/mol. The Hall–Kier alpha value is 5.60. The summed E-state index contributed by atoms with van der Waals surface area (Å²) in [5.41, 5.74) is 0. The van der Waals surface area contributed by atoms with Crippen LogP contribution in [-0.2, 0) is 0 Å². The lowest BCUT2D eigenvalue weighted by molar-refractivity contribution is -0.646. The molecule has 16 heteroatoms. The first-order chi connectivity index (χ1) is 13.7. The summed E-state index contributed by atoms with van der Waals surface area (Å²) >= 11 is 26.7. The van der Waals surface area contributed by atoms with Crippen molar-refractivity contribution in [3.63, 3.8) is 0 Å². The first kappa shape index (κ1) is 57.5. The molecule has 0 aromatic rings. The van der Waals surface area contributed by atoms with Crippen LogP contribution in [0.4, 0.5) is 0 Å². The highest BCUT2D eigenvalue weighted by Crippen LogP contribution is 1.72. The van der Waals surface area contributed by atoms with Gasteiger partial charge in [0, 0.05) is 0 Å². The minimum Gasteiger partial charge on any atom is -1.00 e. The van der Waals surface area contributed by atoms with E-state index in [1.807, 2.05) is 0 Å². The lowest BCUT2D eigenvalue weighted by Gasteiger charge is -1.91. The van der Waals surface area contributed by atoms with Gasteiger partial charge in [0.15, 0.2) is 0 Å². The molecule has 0 unspecified atom stereocenters. The van der Waals surface area contributed by atoms with Gasteiger partial charge in [-0.1, -0.05) is 127 Å². The van der Waals surface area contributed by atoms with Crippen molar-refractivity contribution < 1.29 is 89.2 Å². The van der Waals surface area contributed by atoms with Crippen LogP contribution in [0.3, 0.4) is 0 Å². The third-order valence-corrected chi connectivity index (χ3v) is 6.17. The smallest absolute Gasteiger partial charge is 0.0854 e. The molecule has 208 valence electrons. The fourth-order valence-electron chi connectivity index (χ4n) is 1.19. The molecular formula is C16H40Br12N4. The summed E-state index contributed by atoms with van der Waals surface area (Å²) in [7, 11) is 0. The van der Waals surface area contributed by atoms with Gasteiger partial charge >= 0.3 is 0 Å². The monoisotopic (exact) mass is 1240 g/mol. The summed E-state index contributed by atoms with van der Waals surface area (Å²) < 4.78 is 0. The maximum Gasteiger partial charge on any atom is 0.0854 e. The van der Waals surface area contributed by atoms with Crippen molar-refractivity contribution >= 4 is 127 Å². The lowest BCUT2D eigenvalue weighted by Crippen LogP contribution is -3.00. The van der Waals surface area contributed by atoms with Crippen LogP contribution in [0.25, 0.3) is 0 Å². The lowest BCUT2D eigenvalue weighted by atomic mass is 10.7. The minimum atomic E-state index is 0. The summed E-state index contributed by atoms with van der Waals surface area (Å²) in [4.78, 5) is 0. The van der Waals surface area contributed by atoms with Gasteiger partial charge in [-0.3, -0.25) is 0 Å². The van der Waals surface area contributed by atoms with E-state index in [-0.39, 0.29) is 67.9 Å². The predicted molar refractivity (Wildman–Crippen MR) is 157 cm³/mol. The van der Waals surface area contributed by atoms with E-state index in [4.69, 9.17) is 0 Å². The van der Waals surface area contributed by atoms with Gasteiger partial charge in [-0.05, 0) is 0 Å². The molecule has 0 saturated carbocycles. The van der Waals surface area contributed by atoms with Crippen LogP contribution >= 0.6 is 127 Å². The molecule has 32 heavy (non-hydrogen) atoms. The molecule has 0 aromatic carbocycles. The molecule has 0 aliphatic carbocycles. The number of hydrogen-bond donors (Lipinski definition) is 4. The van der Waals surface area contributed by atoms with E-state index < -0.39 is 0 Å². The largest absolute Gasteiger partial charge is 1.00 e. The van der Waals surface area contributed by atoms with Gasteiger partial charge < -0.3 is 89.2 Å². The van der Waals surface area contributed by atoms with Crippen LogP contribution in [0.1, 0.15) is 0 Å². The molecule has 0 spiro atoms. The molecular weight excluding hydrogens is 1210 g/mol. The van der Waals surface area contributed by atoms with Gasteiger partial charge in [0.2, 0.25) is 0 Å². The van der Waals surface area contributed by atoms with Crippen molar-refractivity contribution in [2.75, 3.05) is 95.0 Å². The van der Waals surface area contributed by atoms with Gasteiger partial charge in [-0.2, -0.15) is 0 Å². The molecule has 0 atom stereocenters. The van der Waals surface area contributed by atoms with Crippen LogP contribution in [-0.4, -0.2) is 95.0 Å². The molecule has 0 aliphatic heterocycles. The number of rotatable bonds is 16. The van der Waals surface area contributed by atoms with Crippen LogP contribution in [0, 0.1) is 0 Å². The molecule has 0 bridgehead atoms. The van der Waals surface area contributed by atoms with E-state index in [0.29, 0.717) is 0 Å². The summed E-state index contributed by atoms with van der Waals surface area (Å²) in [5.74, 6) is 0. The number of alkyl halides is 8. The Balaban J connectivity index is -0.0000000384. The Morgan fingerprint density at radius 2 is 0.344 bits per heavy atom. The molecule has 4 nitrogen and oxygen atoms in total. The average Bonchev–Trinajstić information content (AvgIpc) is 2.71. The molecule has 0 rings (SSSR count). The normalized spacial score (nSPS) is 8.25. The summed E-state index contributed by atoms with van der Waals surface area (Å²) in [6.07, 6.45) is 0. The second-order valence-corrected chi connectivity index (χ2v) is 11.3. The standard InChI is InChI=1S/4C4H9Br2N.4BrH/c4*5-1-3-7-4-2-6;;;;/h4*7H,1-4H2;4*1H. The van der Waals surface area contributed by atoms with Crippen LogP contribution in [0.2, 0.25) is 0 Å². The van der Waals surface area contributed by atoms with E-state index in [2.05, 4.69) is 149 Å². The SMILES string of the molecule is BrCC[NH2+]CCBr.BrCC[NH2+]CCBr.BrCC[NH2+]CCBr.BrCC[NH2+]CCBr.[Br-].[Br-].[Br-].[Br-]. The summed E-state index contributed by atoms with van der Waals surface area (Å²) in [6, 6.07) is 0. The van der Waals surface area contributed by atoms with Gasteiger partial charge in [0.1, 0.15) is 0 Å². The predicted octanol–water partition coefficient (Wildman–Crippen LogP) is -10.6. The van der Waals surface area contributed by atoms with Crippen LogP contribution in [0.5, 0.6) is 0 Å². The highest BCUT2D eigenvalue weighted by Gasteiger charge is 1.84. The van der Waals surface area contributed by atoms with Gasteiger partial charge in [0.25, 0.3) is 0 Å². The van der Waals surface area contributed by atoms with Crippen molar-refractivity contribution in [2.45, 2.75) is 0 Å².